The zero-order valence-electron chi connectivity index (χ0n) is 15.7. The number of amides is 1. The van der Waals surface area contributed by atoms with E-state index in [2.05, 4.69) is 50.4 Å². The summed E-state index contributed by atoms with van der Waals surface area (Å²) in [6.45, 7) is 7.50. The van der Waals surface area contributed by atoms with Crippen LogP contribution in [0.25, 0.3) is 0 Å². The molecular formula is C22H27NO3. The first-order valence-corrected chi connectivity index (χ1v) is 9.16. The summed E-state index contributed by atoms with van der Waals surface area (Å²) in [4.78, 5) is 12.1. The molecule has 0 aliphatic carbocycles. The Bertz CT molecular complexity index is 747. The third-order valence-electron chi connectivity index (χ3n) is 4.56. The van der Waals surface area contributed by atoms with Gasteiger partial charge in [-0.15, -0.1) is 0 Å². The molecule has 1 aliphatic heterocycles. The maximum Gasteiger partial charge on any atom is 0.220 e. The number of carbonyl (C=O) groups excluding carboxylic acids is 1. The van der Waals surface area contributed by atoms with Gasteiger partial charge in [0.15, 0.2) is 11.5 Å². The molecule has 0 bridgehead atoms. The summed E-state index contributed by atoms with van der Waals surface area (Å²) >= 11 is 0. The molecule has 1 atom stereocenters. The molecule has 2 aromatic carbocycles. The van der Waals surface area contributed by atoms with Crippen LogP contribution in [0.1, 0.15) is 38.3 Å². The lowest BCUT2D eigenvalue weighted by Gasteiger charge is -2.26. The summed E-state index contributed by atoms with van der Waals surface area (Å²) in [5.74, 6) is 1.53. The van der Waals surface area contributed by atoms with Crippen molar-refractivity contribution in [3.8, 4) is 11.5 Å². The lowest BCUT2D eigenvalue weighted by atomic mass is 9.86. The third-order valence-corrected chi connectivity index (χ3v) is 4.56. The molecule has 0 radical (unpaired) electrons. The molecule has 138 valence electrons. The Labute approximate surface area is 155 Å². The number of rotatable bonds is 5. The molecule has 1 amide bonds. The van der Waals surface area contributed by atoms with E-state index in [-0.39, 0.29) is 17.4 Å². The monoisotopic (exact) mass is 353 g/mol. The predicted molar refractivity (Wildman–Crippen MR) is 103 cm³/mol. The number of nitrogens with one attached hydrogen (secondary N) is 1. The molecule has 0 unspecified atom stereocenters. The van der Waals surface area contributed by atoms with Crippen LogP contribution in [-0.4, -0.2) is 25.2 Å². The topological polar surface area (TPSA) is 47.6 Å². The maximum absolute atomic E-state index is 12.1. The number of carbonyl (C=O) groups is 1. The molecule has 0 fully saturated rings. The second-order valence-corrected chi connectivity index (χ2v) is 7.75. The van der Waals surface area contributed by atoms with Crippen LogP contribution in [0.5, 0.6) is 11.5 Å². The maximum atomic E-state index is 12.1. The highest BCUT2D eigenvalue weighted by Crippen LogP contribution is 2.30. The largest absolute Gasteiger partial charge is 0.486 e. The smallest absolute Gasteiger partial charge is 0.220 e. The average Bonchev–Trinajstić information content (AvgIpc) is 2.64. The fourth-order valence-corrected chi connectivity index (χ4v) is 2.91. The van der Waals surface area contributed by atoms with Gasteiger partial charge >= 0.3 is 0 Å². The molecular weight excluding hydrogens is 326 g/mol. The van der Waals surface area contributed by atoms with Gasteiger partial charge in [0.05, 0.1) is 6.54 Å². The van der Waals surface area contributed by atoms with Crippen LogP contribution < -0.4 is 14.8 Å². The highest BCUT2D eigenvalue weighted by molar-refractivity contribution is 5.76. The minimum Gasteiger partial charge on any atom is -0.486 e. The summed E-state index contributed by atoms with van der Waals surface area (Å²) in [6.07, 6.45) is 1.06. The fraction of sp³-hybridized carbons (Fsp3) is 0.409. The molecule has 0 spiro atoms. The fourth-order valence-electron chi connectivity index (χ4n) is 2.91. The molecule has 1 aliphatic rings. The summed E-state index contributed by atoms with van der Waals surface area (Å²) in [5.41, 5.74) is 2.64. The van der Waals surface area contributed by atoms with Crippen LogP contribution in [0.4, 0.5) is 0 Å². The van der Waals surface area contributed by atoms with Gasteiger partial charge in [-0.2, -0.15) is 0 Å². The van der Waals surface area contributed by atoms with Crippen molar-refractivity contribution < 1.29 is 14.3 Å². The van der Waals surface area contributed by atoms with Gasteiger partial charge < -0.3 is 14.8 Å². The normalized spacial score (nSPS) is 16.2. The minimum atomic E-state index is -0.153. The zero-order valence-corrected chi connectivity index (χ0v) is 15.7. The van der Waals surface area contributed by atoms with Crippen LogP contribution in [-0.2, 0) is 16.6 Å². The number of para-hydroxylation sites is 2. The lowest BCUT2D eigenvalue weighted by molar-refractivity contribution is -0.121. The predicted octanol–water partition coefficient (Wildman–Crippen LogP) is 3.87. The van der Waals surface area contributed by atoms with E-state index < -0.39 is 0 Å². The SMILES string of the molecule is CC(C)(C)c1ccc(CCC(=O)NC[C@H]2COc3ccccc3O2)cc1. The molecule has 2 aromatic rings. The Morgan fingerprint density at radius 3 is 2.46 bits per heavy atom. The summed E-state index contributed by atoms with van der Waals surface area (Å²) in [7, 11) is 0. The van der Waals surface area contributed by atoms with Crippen molar-refractivity contribution in [2.75, 3.05) is 13.2 Å². The van der Waals surface area contributed by atoms with Gasteiger partial charge in [-0.25, -0.2) is 0 Å². The Hall–Kier alpha value is -2.49. The Kier molecular flexibility index (Phi) is 5.50. The number of aryl methyl sites for hydroxylation is 1. The molecule has 0 saturated heterocycles. The molecule has 4 nitrogen and oxygen atoms in total. The van der Waals surface area contributed by atoms with Crippen molar-refractivity contribution in [3.63, 3.8) is 0 Å². The van der Waals surface area contributed by atoms with Gasteiger partial charge in [-0.05, 0) is 35.1 Å². The van der Waals surface area contributed by atoms with Crippen molar-refractivity contribution >= 4 is 5.91 Å². The summed E-state index contributed by atoms with van der Waals surface area (Å²) in [6, 6.07) is 16.1. The Morgan fingerprint density at radius 2 is 1.77 bits per heavy atom. The number of benzene rings is 2. The third kappa shape index (κ3) is 4.78. The average molecular weight is 353 g/mol. The molecule has 3 rings (SSSR count). The number of hydrogen-bond donors (Lipinski definition) is 1. The van der Waals surface area contributed by atoms with E-state index in [1.165, 1.54) is 11.1 Å². The van der Waals surface area contributed by atoms with E-state index in [1.54, 1.807) is 0 Å². The zero-order chi connectivity index (χ0) is 18.6. The molecule has 0 aromatic heterocycles. The van der Waals surface area contributed by atoms with Crippen molar-refractivity contribution in [2.45, 2.75) is 45.1 Å². The first-order chi connectivity index (χ1) is 12.4. The Balaban J connectivity index is 1.42. The first kappa shape index (κ1) is 18.3. The number of fused-ring (bicyclic) bond motifs is 1. The van der Waals surface area contributed by atoms with E-state index in [0.29, 0.717) is 19.6 Å². The second kappa shape index (κ2) is 7.81. The van der Waals surface area contributed by atoms with Crippen LogP contribution in [0.2, 0.25) is 0 Å². The molecule has 1 heterocycles. The van der Waals surface area contributed by atoms with E-state index >= 15 is 0 Å². The van der Waals surface area contributed by atoms with E-state index in [1.807, 2.05) is 24.3 Å². The van der Waals surface area contributed by atoms with Gasteiger partial charge in [-0.1, -0.05) is 57.2 Å². The van der Waals surface area contributed by atoms with Crippen LogP contribution >= 0.6 is 0 Å². The van der Waals surface area contributed by atoms with Crippen LogP contribution in [0.15, 0.2) is 48.5 Å². The van der Waals surface area contributed by atoms with Gasteiger partial charge in [0.25, 0.3) is 0 Å². The van der Waals surface area contributed by atoms with E-state index in [4.69, 9.17) is 9.47 Å². The van der Waals surface area contributed by atoms with Crippen molar-refractivity contribution in [1.29, 1.82) is 0 Å². The second-order valence-electron chi connectivity index (χ2n) is 7.75. The summed E-state index contributed by atoms with van der Waals surface area (Å²) in [5, 5.41) is 2.95. The van der Waals surface area contributed by atoms with Gasteiger partial charge in [0, 0.05) is 6.42 Å². The van der Waals surface area contributed by atoms with E-state index in [0.717, 1.165) is 17.9 Å². The van der Waals surface area contributed by atoms with Crippen molar-refractivity contribution in [1.82, 2.24) is 5.32 Å². The van der Waals surface area contributed by atoms with Gasteiger partial charge in [0.1, 0.15) is 12.7 Å². The minimum absolute atomic E-state index is 0.0346. The summed E-state index contributed by atoms with van der Waals surface area (Å²) < 4.78 is 11.5. The van der Waals surface area contributed by atoms with Crippen LogP contribution in [0.3, 0.4) is 0 Å². The molecule has 26 heavy (non-hydrogen) atoms. The molecule has 4 heteroatoms. The van der Waals surface area contributed by atoms with Crippen molar-refractivity contribution in [2.24, 2.45) is 0 Å². The van der Waals surface area contributed by atoms with Gasteiger partial charge in [0.2, 0.25) is 5.91 Å². The Morgan fingerprint density at radius 1 is 1.08 bits per heavy atom. The highest BCUT2D eigenvalue weighted by Gasteiger charge is 2.21. The number of hydrogen-bond acceptors (Lipinski definition) is 3. The number of ether oxygens (including phenoxy) is 2. The quantitative estimate of drug-likeness (QED) is 0.887. The van der Waals surface area contributed by atoms with Gasteiger partial charge in [-0.3, -0.25) is 4.79 Å². The van der Waals surface area contributed by atoms with Crippen LogP contribution in [0, 0.1) is 0 Å². The van der Waals surface area contributed by atoms with E-state index in [9.17, 15) is 4.79 Å². The highest BCUT2D eigenvalue weighted by atomic mass is 16.6. The standard InChI is InChI=1S/C22H27NO3/c1-22(2,3)17-11-8-16(9-12-17)10-13-21(24)23-14-18-15-25-19-6-4-5-7-20(19)26-18/h4-9,11-12,18H,10,13-15H2,1-3H3,(H,23,24)/t18-/m0/s1. The lowest BCUT2D eigenvalue weighted by Crippen LogP contribution is -2.40. The molecule has 0 saturated carbocycles. The first-order valence-electron chi connectivity index (χ1n) is 9.16. The van der Waals surface area contributed by atoms with Crippen molar-refractivity contribution in [3.05, 3.63) is 59.7 Å². The molecule has 1 N–H and O–H groups in total.